The summed E-state index contributed by atoms with van der Waals surface area (Å²) in [6, 6.07) is 3.90. The molecule has 0 N–H and O–H groups in total. The van der Waals surface area contributed by atoms with Crippen LogP contribution in [0.3, 0.4) is 0 Å². The van der Waals surface area contributed by atoms with Gasteiger partial charge in [0.1, 0.15) is 0 Å². The summed E-state index contributed by atoms with van der Waals surface area (Å²) in [6.45, 7) is 4.19. The summed E-state index contributed by atoms with van der Waals surface area (Å²) in [4.78, 5) is 7.98. The topological polar surface area (TPSA) is 25.2 Å². The molecule has 0 bridgehead atoms. The summed E-state index contributed by atoms with van der Waals surface area (Å²) in [7, 11) is 0. The van der Waals surface area contributed by atoms with E-state index in [2.05, 4.69) is 41.2 Å². The van der Waals surface area contributed by atoms with Crippen LogP contribution in [0.2, 0.25) is 0 Å². The van der Waals surface area contributed by atoms with Crippen LogP contribution in [0.25, 0.3) is 0 Å². The van der Waals surface area contributed by atoms with Crippen molar-refractivity contribution in [1.29, 1.82) is 0 Å². The molecule has 1 heterocycles. The summed E-state index contributed by atoms with van der Waals surface area (Å²) in [5.74, 6) is 1.10. The van der Waals surface area contributed by atoms with Crippen LogP contribution in [-0.2, 0) is 0 Å². The molecule has 0 spiro atoms. The molecule has 62 valence electrons. The molecule has 3 heteroatoms. The summed E-state index contributed by atoms with van der Waals surface area (Å²) >= 11 is 4.52. The number of nitrogens with zero attached hydrogens (tertiary/aromatic N) is 2. The highest BCUT2D eigenvalue weighted by Gasteiger charge is 2.04. The maximum atomic E-state index is 4.52. The van der Waals surface area contributed by atoms with Crippen LogP contribution in [-0.4, -0.2) is 10.1 Å². The second-order valence-corrected chi connectivity index (χ2v) is 2.96. The maximum absolute atomic E-state index is 4.52. The van der Waals surface area contributed by atoms with Crippen molar-refractivity contribution in [3.63, 3.8) is 0 Å². The minimum Gasteiger partial charge on any atom is -0.236 e. The second-order valence-electron chi connectivity index (χ2n) is 2.77. The molecule has 0 aliphatic rings. The van der Waals surface area contributed by atoms with Crippen LogP contribution < -0.4 is 0 Å². The number of hydrogen-bond donors (Lipinski definition) is 0. The van der Waals surface area contributed by atoms with Crippen molar-refractivity contribution in [3.05, 3.63) is 23.9 Å². The van der Waals surface area contributed by atoms with E-state index in [1.807, 2.05) is 12.1 Å². The largest absolute Gasteiger partial charge is 0.236 e. The Morgan fingerprint density at radius 3 is 2.92 bits per heavy atom. The minimum atomic E-state index is 0.417. The molecule has 0 aliphatic carbocycles. The Bertz CT molecular complexity index is 314. The molecular formula is C9H10N2S. The monoisotopic (exact) mass is 178 g/mol. The van der Waals surface area contributed by atoms with Gasteiger partial charge in [-0.1, -0.05) is 19.9 Å². The van der Waals surface area contributed by atoms with Gasteiger partial charge in [0.05, 0.1) is 5.16 Å². The predicted molar refractivity (Wildman–Crippen MR) is 53.0 cm³/mol. The van der Waals surface area contributed by atoms with Crippen molar-refractivity contribution in [1.82, 2.24) is 4.98 Å². The molecule has 0 unspecified atom stereocenters. The molecule has 12 heavy (non-hydrogen) atoms. The highest BCUT2D eigenvalue weighted by Crippen LogP contribution is 2.22. The van der Waals surface area contributed by atoms with Crippen molar-refractivity contribution < 1.29 is 0 Å². The molecule has 0 saturated heterocycles. The predicted octanol–water partition coefficient (Wildman–Crippen LogP) is 2.94. The van der Waals surface area contributed by atoms with E-state index in [-0.39, 0.29) is 0 Å². The molecule has 0 aliphatic heterocycles. The molecule has 0 atom stereocenters. The lowest BCUT2D eigenvalue weighted by atomic mass is 10.1. The average molecular weight is 178 g/mol. The Balaban J connectivity index is 3.17. The Morgan fingerprint density at radius 2 is 2.33 bits per heavy atom. The van der Waals surface area contributed by atoms with Gasteiger partial charge in [-0.2, -0.15) is 4.99 Å². The molecule has 0 radical (unpaired) electrons. The highest BCUT2D eigenvalue weighted by molar-refractivity contribution is 7.78. The highest BCUT2D eigenvalue weighted by atomic mass is 32.1. The zero-order chi connectivity index (χ0) is 8.97. The van der Waals surface area contributed by atoms with Gasteiger partial charge < -0.3 is 0 Å². The quantitative estimate of drug-likeness (QED) is 0.514. The number of isothiocyanates is 1. The molecule has 0 aromatic carbocycles. The zero-order valence-corrected chi connectivity index (χ0v) is 7.93. The van der Waals surface area contributed by atoms with Gasteiger partial charge in [0.15, 0.2) is 5.82 Å². The first-order valence-corrected chi connectivity index (χ1v) is 4.19. The Kier molecular flexibility index (Phi) is 3.09. The lowest BCUT2D eigenvalue weighted by Crippen LogP contribution is -1.89. The van der Waals surface area contributed by atoms with E-state index in [1.165, 1.54) is 0 Å². The third-order valence-electron chi connectivity index (χ3n) is 1.59. The number of hydrogen-bond acceptors (Lipinski definition) is 3. The van der Waals surface area contributed by atoms with E-state index in [0.29, 0.717) is 11.7 Å². The summed E-state index contributed by atoms with van der Waals surface area (Å²) in [6.07, 6.45) is 1.71. The van der Waals surface area contributed by atoms with Gasteiger partial charge in [-0.15, -0.1) is 0 Å². The van der Waals surface area contributed by atoms with Crippen LogP contribution in [0.5, 0.6) is 0 Å². The second kappa shape index (κ2) is 4.10. The van der Waals surface area contributed by atoms with E-state index in [4.69, 9.17) is 0 Å². The van der Waals surface area contributed by atoms with Gasteiger partial charge in [-0.05, 0) is 24.2 Å². The van der Waals surface area contributed by atoms with Gasteiger partial charge in [0, 0.05) is 11.8 Å². The van der Waals surface area contributed by atoms with Gasteiger partial charge >= 0.3 is 0 Å². The van der Waals surface area contributed by atoms with Crippen molar-refractivity contribution in [2.45, 2.75) is 19.8 Å². The van der Waals surface area contributed by atoms with Gasteiger partial charge in [-0.25, -0.2) is 4.98 Å². The third-order valence-corrected chi connectivity index (χ3v) is 1.68. The first-order valence-electron chi connectivity index (χ1n) is 3.78. The number of aromatic nitrogens is 1. The molecule has 0 saturated carbocycles. The average Bonchev–Trinajstić information content (AvgIpc) is 2.05. The maximum Gasteiger partial charge on any atom is 0.165 e. The van der Waals surface area contributed by atoms with Gasteiger partial charge in [0.25, 0.3) is 0 Å². The first-order chi connectivity index (χ1) is 5.75. The van der Waals surface area contributed by atoms with Crippen molar-refractivity contribution >= 4 is 23.2 Å². The zero-order valence-electron chi connectivity index (χ0n) is 7.11. The van der Waals surface area contributed by atoms with Gasteiger partial charge in [0.2, 0.25) is 0 Å². The lowest BCUT2D eigenvalue weighted by Gasteiger charge is -2.05. The molecular weight excluding hydrogens is 168 g/mol. The number of rotatable bonds is 2. The van der Waals surface area contributed by atoms with E-state index in [9.17, 15) is 0 Å². The molecule has 1 rings (SSSR count). The fourth-order valence-electron chi connectivity index (χ4n) is 0.997. The third kappa shape index (κ3) is 1.97. The molecule has 0 amide bonds. The van der Waals surface area contributed by atoms with Crippen molar-refractivity contribution in [2.24, 2.45) is 4.99 Å². The lowest BCUT2D eigenvalue weighted by molar-refractivity contribution is 0.859. The molecule has 0 fully saturated rings. The minimum absolute atomic E-state index is 0.417. The van der Waals surface area contributed by atoms with Crippen molar-refractivity contribution in [2.75, 3.05) is 0 Å². The van der Waals surface area contributed by atoms with Crippen molar-refractivity contribution in [3.8, 4) is 0 Å². The normalized spacial score (nSPS) is 9.58. The van der Waals surface area contributed by atoms with E-state index in [1.54, 1.807) is 6.20 Å². The first kappa shape index (κ1) is 9.04. The summed E-state index contributed by atoms with van der Waals surface area (Å²) in [5.41, 5.74) is 1.11. The number of aliphatic imine (C=N–C) groups is 1. The number of thiocarbonyl (C=S) groups is 1. The summed E-state index contributed by atoms with van der Waals surface area (Å²) in [5, 5.41) is 2.33. The smallest absolute Gasteiger partial charge is 0.165 e. The molecule has 2 nitrogen and oxygen atoms in total. The fraction of sp³-hybridized carbons (Fsp3) is 0.333. The Hall–Kier alpha value is -1.05. The fourth-order valence-corrected chi connectivity index (χ4v) is 1.08. The van der Waals surface area contributed by atoms with Crippen LogP contribution in [0.15, 0.2) is 23.3 Å². The molecule has 1 aromatic heterocycles. The van der Waals surface area contributed by atoms with E-state index in [0.717, 1.165) is 5.56 Å². The van der Waals surface area contributed by atoms with Crippen LogP contribution >= 0.6 is 12.2 Å². The molecule has 1 aromatic rings. The van der Waals surface area contributed by atoms with E-state index >= 15 is 0 Å². The SMILES string of the molecule is CC(C)c1cccnc1N=C=S. The Labute approximate surface area is 77.4 Å². The van der Waals surface area contributed by atoms with Crippen LogP contribution in [0.1, 0.15) is 25.3 Å². The van der Waals surface area contributed by atoms with Crippen LogP contribution in [0.4, 0.5) is 5.82 Å². The van der Waals surface area contributed by atoms with Crippen LogP contribution in [0, 0.1) is 0 Å². The standard InChI is InChI=1S/C9H10N2S/c1-7(2)8-4-3-5-10-9(8)11-6-12/h3-5,7H,1-2H3. The summed E-state index contributed by atoms with van der Waals surface area (Å²) < 4.78 is 0. The Morgan fingerprint density at radius 1 is 1.58 bits per heavy atom. The van der Waals surface area contributed by atoms with Gasteiger partial charge in [-0.3, -0.25) is 0 Å². The van der Waals surface area contributed by atoms with E-state index < -0.39 is 0 Å². The number of pyridine rings is 1.